The summed E-state index contributed by atoms with van der Waals surface area (Å²) in [7, 11) is 1.85. The van der Waals surface area contributed by atoms with Crippen molar-refractivity contribution in [1.29, 1.82) is 0 Å². The maximum Gasteiger partial charge on any atom is 0.416 e. The molecule has 0 N–H and O–H groups in total. The molecule has 1 aromatic heterocycles. The number of rotatable bonds is 5. The van der Waals surface area contributed by atoms with Gasteiger partial charge in [-0.3, -0.25) is 9.59 Å². The number of hydrogen-bond acceptors (Lipinski definition) is 5. The van der Waals surface area contributed by atoms with Gasteiger partial charge in [-0.25, -0.2) is 0 Å². The number of alkyl halides is 3. The molecule has 2 aromatic carbocycles. The van der Waals surface area contributed by atoms with E-state index in [2.05, 4.69) is 10.2 Å². The second kappa shape index (κ2) is 7.76. The molecule has 0 saturated carbocycles. The number of fused-ring (bicyclic) bond motifs is 1. The highest BCUT2D eigenvalue weighted by atomic mass is 19.4. The van der Waals surface area contributed by atoms with E-state index in [9.17, 15) is 22.8 Å². The van der Waals surface area contributed by atoms with Crippen molar-refractivity contribution in [3.05, 3.63) is 76.4 Å². The van der Waals surface area contributed by atoms with Gasteiger partial charge in [-0.15, -0.1) is 10.2 Å². The van der Waals surface area contributed by atoms with E-state index in [4.69, 9.17) is 4.74 Å². The van der Waals surface area contributed by atoms with Gasteiger partial charge >= 0.3 is 6.18 Å². The minimum atomic E-state index is -4.70. The van der Waals surface area contributed by atoms with Gasteiger partial charge in [0.15, 0.2) is 0 Å². The number of carbonyl (C=O) groups is 2. The molecular weight excluding hydrogens is 449 g/mol. The van der Waals surface area contributed by atoms with E-state index in [1.807, 2.05) is 23.7 Å². The summed E-state index contributed by atoms with van der Waals surface area (Å²) in [4.78, 5) is 25.9. The Labute approximate surface area is 193 Å². The molecule has 0 aliphatic carbocycles. The highest BCUT2D eigenvalue weighted by molar-refractivity contribution is 6.12. The lowest BCUT2D eigenvalue weighted by Crippen LogP contribution is -2.49. The van der Waals surface area contributed by atoms with E-state index in [-0.39, 0.29) is 22.1 Å². The van der Waals surface area contributed by atoms with Crippen molar-refractivity contribution in [3.8, 4) is 0 Å². The molecule has 176 valence electrons. The number of halogens is 3. The number of nitrogens with zero attached hydrogens (tertiary/aromatic N) is 4. The zero-order valence-electron chi connectivity index (χ0n) is 18.5. The standard InChI is InChI=1S/C24H21F3N4O3/c1-14-21-18(6-15(10-32)7-19(21)24(25,26)27)22(33)31(14)17-5-3-4-16(8-17)23(11-34-12-23)9-20-29-28-13-30(20)2/h3-8,10,13-14H,9,11-12H2,1-2H3. The van der Waals surface area contributed by atoms with Crippen LogP contribution in [0.1, 0.15) is 56.2 Å². The smallest absolute Gasteiger partial charge is 0.379 e. The van der Waals surface area contributed by atoms with Gasteiger partial charge in [0, 0.05) is 35.7 Å². The summed E-state index contributed by atoms with van der Waals surface area (Å²) in [6.07, 6.45) is -2.19. The third-order valence-electron chi connectivity index (χ3n) is 6.69. The number of aryl methyl sites for hydroxylation is 1. The first kappa shape index (κ1) is 22.3. The third-order valence-corrected chi connectivity index (χ3v) is 6.69. The molecule has 1 saturated heterocycles. The van der Waals surface area contributed by atoms with E-state index in [1.54, 1.807) is 25.4 Å². The summed E-state index contributed by atoms with van der Waals surface area (Å²) in [5, 5.41) is 8.09. The lowest BCUT2D eigenvalue weighted by Gasteiger charge is -2.42. The molecule has 7 nitrogen and oxygen atoms in total. The maximum atomic E-state index is 13.8. The average molecular weight is 470 g/mol. The molecule has 1 fully saturated rings. The van der Waals surface area contributed by atoms with Crippen molar-refractivity contribution in [2.24, 2.45) is 7.05 Å². The van der Waals surface area contributed by atoms with Crippen LogP contribution in [0.4, 0.5) is 18.9 Å². The van der Waals surface area contributed by atoms with Crippen LogP contribution in [-0.4, -0.2) is 40.2 Å². The van der Waals surface area contributed by atoms with Crippen LogP contribution in [0.25, 0.3) is 0 Å². The van der Waals surface area contributed by atoms with Crippen LogP contribution in [0, 0.1) is 0 Å². The number of aldehydes is 1. The number of aromatic nitrogens is 3. The van der Waals surface area contributed by atoms with Crippen molar-refractivity contribution in [2.75, 3.05) is 18.1 Å². The predicted octanol–water partition coefficient (Wildman–Crippen LogP) is 3.88. The minimum absolute atomic E-state index is 0.101. The van der Waals surface area contributed by atoms with Crippen molar-refractivity contribution in [1.82, 2.24) is 14.8 Å². The van der Waals surface area contributed by atoms with Gasteiger partial charge in [-0.1, -0.05) is 12.1 Å². The van der Waals surface area contributed by atoms with E-state index in [0.29, 0.717) is 31.6 Å². The predicted molar refractivity (Wildman–Crippen MR) is 116 cm³/mol. The van der Waals surface area contributed by atoms with Crippen molar-refractivity contribution in [2.45, 2.75) is 31.0 Å². The summed E-state index contributed by atoms with van der Waals surface area (Å²) in [5.41, 5.74) is -0.354. The molecule has 1 atom stereocenters. The average Bonchev–Trinajstić information content (AvgIpc) is 3.29. The summed E-state index contributed by atoms with van der Waals surface area (Å²) in [6, 6.07) is 8.41. The zero-order chi connectivity index (χ0) is 24.3. The van der Waals surface area contributed by atoms with Crippen molar-refractivity contribution < 1.29 is 27.5 Å². The van der Waals surface area contributed by atoms with Gasteiger partial charge in [0.05, 0.1) is 24.8 Å². The topological polar surface area (TPSA) is 77.3 Å². The first-order chi connectivity index (χ1) is 16.1. The highest BCUT2D eigenvalue weighted by Crippen LogP contribution is 2.46. The molecule has 0 radical (unpaired) electrons. The molecule has 5 rings (SSSR count). The molecule has 10 heteroatoms. The molecule has 0 bridgehead atoms. The van der Waals surface area contributed by atoms with Crippen LogP contribution in [0.15, 0.2) is 42.7 Å². The van der Waals surface area contributed by atoms with E-state index >= 15 is 0 Å². The highest BCUT2D eigenvalue weighted by Gasteiger charge is 2.45. The Morgan fingerprint density at radius 3 is 2.59 bits per heavy atom. The van der Waals surface area contributed by atoms with Crippen LogP contribution in [0.3, 0.4) is 0 Å². The van der Waals surface area contributed by atoms with Gasteiger partial charge in [0.1, 0.15) is 18.4 Å². The Hall–Kier alpha value is -3.53. The Morgan fingerprint density at radius 2 is 2.00 bits per heavy atom. The Kier molecular flexibility index (Phi) is 5.09. The molecule has 2 aliphatic rings. The number of amides is 1. The Morgan fingerprint density at radius 1 is 1.24 bits per heavy atom. The van der Waals surface area contributed by atoms with Gasteiger partial charge in [0.2, 0.25) is 0 Å². The number of ether oxygens (including phenoxy) is 1. The lowest BCUT2D eigenvalue weighted by molar-refractivity contribution is -0.138. The first-order valence-corrected chi connectivity index (χ1v) is 10.7. The molecule has 34 heavy (non-hydrogen) atoms. The number of benzene rings is 2. The van der Waals surface area contributed by atoms with Crippen LogP contribution in [0.5, 0.6) is 0 Å². The molecule has 3 aromatic rings. The van der Waals surface area contributed by atoms with E-state index < -0.39 is 23.7 Å². The van der Waals surface area contributed by atoms with Gasteiger partial charge < -0.3 is 14.2 Å². The Bertz CT molecular complexity index is 1300. The summed E-state index contributed by atoms with van der Waals surface area (Å²) < 4.78 is 48.8. The van der Waals surface area contributed by atoms with E-state index in [0.717, 1.165) is 17.5 Å². The Balaban J connectivity index is 1.55. The molecule has 3 heterocycles. The maximum absolute atomic E-state index is 13.8. The number of hydrogen-bond donors (Lipinski definition) is 0. The summed E-state index contributed by atoms with van der Waals surface area (Å²) in [6.45, 7) is 2.47. The fourth-order valence-electron chi connectivity index (χ4n) is 4.86. The first-order valence-electron chi connectivity index (χ1n) is 10.7. The molecule has 1 amide bonds. The lowest BCUT2D eigenvalue weighted by atomic mass is 9.75. The molecule has 1 unspecified atom stereocenters. The van der Waals surface area contributed by atoms with Gasteiger partial charge in [0.25, 0.3) is 5.91 Å². The zero-order valence-corrected chi connectivity index (χ0v) is 18.5. The largest absolute Gasteiger partial charge is 0.416 e. The van der Waals surface area contributed by atoms with Crippen molar-refractivity contribution in [3.63, 3.8) is 0 Å². The monoisotopic (exact) mass is 470 g/mol. The number of carbonyl (C=O) groups excluding carboxylic acids is 2. The molecule has 2 aliphatic heterocycles. The van der Waals surface area contributed by atoms with Crippen molar-refractivity contribution >= 4 is 17.9 Å². The SMILES string of the molecule is CC1c2c(cc(C=O)cc2C(F)(F)F)C(=O)N1c1cccc(C2(Cc3nncn3C)COC2)c1. The molecule has 0 spiro atoms. The van der Waals surface area contributed by atoms with Gasteiger partial charge in [-0.05, 0) is 42.3 Å². The quantitative estimate of drug-likeness (QED) is 0.529. The van der Waals surface area contributed by atoms with Gasteiger partial charge in [-0.2, -0.15) is 13.2 Å². The summed E-state index contributed by atoms with van der Waals surface area (Å²) >= 11 is 0. The number of anilines is 1. The minimum Gasteiger partial charge on any atom is -0.379 e. The van der Waals surface area contributed by atoms with Crippen LogP contribution in [0.2, 0.25) is 0 Å². The molecular formula is C24H21F3N4O3. The second-order valence-corrected chi connectivity index (χ2v) is 8.85. The fraction of sp³-hybridized carbons (Fsp3) is 0.333. The fourth-order valence-corrected chi connectivity index (χ4v) is 4.86. The normalized spacial score (nSPS) is 19.1. The van der Waals surface area contributed by atoms with Crippen LogP contribution in [-0.2, 0) is 29.8 Å². The van der Waals surface area contributed by atoms with Crippen LogP contribution >= 0.6 is 0 Å². The van der Waals surface area contributed by atoms with Crippen LogP contribution < -0.4 is 4.90 Å². The third kappa shape index (κ3) is 3.40. The van der Waals surface area contributed by atoms with E-state index in [1.165, 1.54) is 11.0 Å². The summed E-state index contributed by atoms with van der Waals surface area (Å²) in [5.74, 6) is 0.212. The second-order valence-electron chi connectivity index (χ2n) is 8.85.